The van der Waals surface area contributed by atoms with Crippen LogP contribution in [0.25, 0.3) is 0 Å². The third-order valence-corrected chi connectivity index (χ3v) is 3.61. The van der Waals surface area contributed by atoms with Gasteiger partial charge in [0.1, 0.15) is 13.2 Å². The van der Waals surface area contributed by atoms with E-state index in [4.69, 9.17) is 21.1 Å². The fraction of sp³-hybridized carbons (Fsp3) is 0.533. The van der Waals surface area contributed by atoms with Crippen molar-refractivity contribution in [2.45, 2.75) is 13.3 Å². The number of hydrogen-bond acceptors (Lipinski definition) is 4. The van der Waals surface area contributed by atoms with Crippen molar-refractivity contribution >= 4 is 17.5 Å². The minimum Gasteiger partial charge on any atom is -0.486 e. The van der Waals surface area contributed by atoms with Gasteiger partial charge in [-0.25, -0.2) is 0 Å². The van der Waals surface area contributed by atoms with E-state index in [-0.39, 0.29) is 11.8 Å². The molecule has 0 bridgehead atoms. The van der Waals surface area contributed by atoms with Gasteiger partial charge < -0.3 is 20.1 Å². The van der Waals surface area contributed by atoms with Gasteiger partial charge in [-0.2, -0.15) is 0 Å². The van der Waals surface area contributed by atoms with E-state index in [1.165, 1.54) is 0 Å². The van der Waals surface area contributed by atoms with Crippen molar-refractivity contribution in [3.8, 4) is 11.5 Å². The number of nitrogens with one attached hydrogen (secondary N) is 2. The summed E-state index contributed by atoms with van der Waals surface area (Å²) >= 11 is 6.18. The maximum atomic E-state index is 11.8. The fourth-order valence-electron chi connectivity index (χ4n) is 2.21. The Labute approximate surface area is 130 Å². The second-order valence-corrected chi connectivity index (χ2v) is 5.51. The molecule has 0 saturated carbocycles. The summed E-state index contributed by atoms with van der Waals surface area (Å²) in [6.45, 7) is 4.19. The lowest BCUT2D eigenvalue weighted by Gasteiger charge is -2.20. The van der Waals surface area contributed by atoms with Crippen LogP contribution < -0.4 is 20.1 Å². The van der Waals surface area contributed by atoms with E-state index in [1.807, 2.05) is 26.1 Å². The number of carbonyl (C=O) groups is 1. The second-order valence-electron chi connectivity index (χ2n) is 5.10. The van der Waals surface area contributed by atoms with Crippen LogP contribution >= 0.6 is 11.6 Å². The lowest BCUT2D eigenvalue weighted by molar-refractivity contribution is -0.124. The minimum atomic E-state index is -0.0427. The molecule has 1 unspecified atom stereocenters. The molecule has 21 heavy (non-hydrogen) atoms. The number of fused-ring (bicyclic) bond motifs is 1. The number of hydrogen-bond donors (Lipinski definition) is 2. The van der Waals surface area contributed by atoms with Gasteiger partial charge in [0, 0.05) is 19.0 Å². The highest BCUT2D eigenvalue weighted by Gasteiger charge is 2.17. The van der Waals surface area contributed by atoms with E-state index in [9.17, 15) is 4.79 Å². The number of amides is 1. The zero-order valence-electron chi connectivity index (χ0n) is 12.4. The molecular weight excluding hydrogens is 292 g/mol. The zero-order chi connectivity index (χ0) is 15.2. The number of halogens is 1. The Kier molecular flexibility index (Phi) is 5.70. The molecule has 1 amide bonds. The molecule has 1 aliphatic rings. The maximum absolute atomic E-state index is 11.8. The van der Waals surface area contributed by atoms with Gasteiger partial charge >= 0.3 is 0 Å². The monoisotopic (exact) mass is 312 g/mol. The van der Waals surface area contributed by atoms with Crippen molar-refractivity contribution < 1.29 is 14.3 Å². The van der Waals surface area contributed by atoms with Crippen molar-refractivity contribution in [3.05, 3.63) is 22.7 Å². The standard InChI is InChI=1S/C15H21ClN2O3/c1-10(9-17-2)15(19)18-4-3-11-7-12(16)14-13(8-11)20-5-6-21-14/h7-8,10,17H,3-6,9H2,1-2H3,(H,18,19). The molecule has 0 radical (unpaired) electrons. The Balaban J connectivity index is 1.89. The van der Waals surface area contributed by atoms with Crippen LogP contribution in [0.2, 0.25) is 5.02 Å². The molecule has 0 saturated heterocycles. The molecule has 0 aromatic heterocycles. The van der Waals surface area contributed by atoms with Gasteiger partial charge in [-0.15, -0.1) is 0 Å². The third kappa shape index (κ3) is 4.25. The first kappa shape index (κ1) is 15.9. The van der Waals surface area contributed by atoms with Crippen LogP contribution in [-0.4, -0.2) is 39.3 Å². The smallest absolute Gasteiger partial charge is 0.224 e. The topological polar surface area (TPSA) is 59.6 Å². The quantitative estimate of drug-likeness (QED) is 0.838. The van der Waals surface area contributed by atoms with Crippen molar-refractivity contribution in [1.29, 1.82) is 0 Å². The molecule has 0 fully saturated rings. The molecule has 2 N–H and O–H groups in total. The lowest BCUT2D eigenvalue weighted by Crippen LogP contribution is -2.35. The predicted molar refractivity (Wildman–Crippen MR) is 82.2 cm³/mol. The first-order chi connectivity index (χ1) is 10.1. The predicted octanol–water partition coefficient (Wildman–Crippen LogP) is 1.63. The van der Waals surface area contributed by atoms with Crippen molar-refractivity contribution in [2.24, 2.45) is 5.92 Å². The Morgan fingerprint density at radius 1 is 1.38 bits per heavy atom. The molecule has 1 heterocycles. The van der Waals surface area contributed by atoms with Gasteiger partial charge in [-0.1, -0.05) is 18.5 Å². The summed E-state index contributed by atoms with van der Waals surface area (Å²) < 4.78 is 11.0. The Morgan fingerprint density at radius 3 is 2.90 bits per heavy atom. The molecule has 5 nitrogen and oxygen atoms in total. The molecule has 0 aliphatic carbocycles. The number of ether oxygens (including phenoxy) is 2. The minimum absolute atomic E-state index is 0.0427. The largest absolute Gasteiger partial charge is 0.486 e. The average Bonchev–Trinajstić information content (AvgIpc) is 2.47. The van der Waals surface area contributed by atoms with Crippen molar-refractivity contribution in [1.82, 2.24) is 10.6 Å². The summed E-state index contributed by atoms with van der Waals surface area (Å²) in [6.07, 6.45) is 0.703. The second kappa shape index (κ2) is 7.52. The van der Waals surface area contributed by atoms with Crippen LogP contribution in [-0.2, 0) is 11.2 Å². The number of rotatable bonds is 6. The van der Waals surface area contributed by atoms with Crippen LogP contribution in [0.15, 0.2) is 12.1 Å². The number of carbonyl (C=O) groups excluding carboxylic acids is 1. The van der Waals surface area contributed by atoms with E-state index in [0.29, 0.717) is 49.2 Å². The van der Waals surface area contributed by atoms with Gasteiger partial charge in [-0.3, -0.25) is 4.79 Å². The average molecular weight is 313 g/mol. The molecule has 0 spiro atoms. The maximum Gasteiger partial charge on any atom is 0.224 e. The summed E-state index contributed by atoms with van der Waals surface area (Å²) in [6, 6.07) is 3.78. The van der Waals surface area contributed by atoms with Gasteiger partial charge in [0.2, 0.25) is 5.91 Å². The van der Waals surface area contributed by atoms with Crippen LogP contribution in [0.3, 0.4) is 0 Å². The summed E-state index contributed by atoms with van der Waals surface area (Å²) in [5.41, 5.74) is 1.02. The third-order valence-electron chi connectivity index (χ3n) is 3.33. The van der Waals surface area contributed by atoms with Crippen LogP contribution in [0, 0.1) is 5.92 Å². The highest BCUT2D eigenvalue weighted by atomic mass is 35.5. The van der Waals surface area contributed by atoms with E-state index >= 15 is 0 Å². The Bertz CT molecular complexity index is 508. The van der Waals surface area contributed by atoms with Crippen molar-refractivity contribution in [2.75, 3.05) is 33.4 Å². The van der Waals surface area contributed by atoms with Gasteiger partial charge in [-0.05, 0) is 31.2 Å². The Hall–Kier alpha value is -1.46. The normalized spacial score (nSPS) is 14.6. The SMILES string of the molecule is CNCC(C)C(=O)NCCc1cc(Cl)c2c(c1)OCCO2. The summed E-state index contributed by atoms with van der Waals surface area (Å²) in [4.78, 5) is 11.8. The van der Waals surface area contributed by atoms with E-state index in [2.05, 4.69) is 10.6 Å². The van der Waals surface area contributed by atoms with E-state index in [1.54, 1.807) is 0 Å². The molecule has 2 rings (SSSR count). The zero-order valence-corrected chi connectivity index (χ0v) is 13.1. The number of benzene rings is 1. The van der Waals surface area contributed by atoms with Crippen LogP contribution in [0.4, 0.5) is 0 Å². The summed E-state index contributed by atoms with van der Waals surface area (Å²) in [5.74, 6) is 1.30. The van der Waals surface area contributed by atoms with Crippen LogP contribution in [0.5, 0.6) is 11.5 Å². The molecular formula is C15H21ClN2O3. The molecule has 1 aromatic carbocycles. The molecule has 1 aliphatic heterocycles. The molecule has 1 atom stereocenters. The highest BCUT2D eigenvalue weighted by molar-refractivity contribution is 6.32. The van der Waals surface area contributed by atoms with Crippen molar-refractivity contribution in [3.63, 3.8) is 0 Å². The molecule has 116 valence electrons. The van der Waals surface area contributed by atoms with E-state index < -0.39 is 0 Å². The summed E-state index contributed by atoms with van der Waals surface area (Å²) in [5, 5.41) is 6.46. The van der Waals surface area contributed by atoms with Gasteiger partial charge in [0.05, 0.1) is 5.02 Å². The van der Waals surface area contributed by atoms with Gasteiger partial charge in [0.25, 0.3) is 0 Å². The highest BCUT2D eigenvalue weighted by Crippen LogP contribution is 2.38. The fourth-order valence-corrected chi connectivity index (χ4v) is 2.50. The first-order valence-corrected chi connectivity index (χ1v) is 7.50. The van der Waals surface area contributed by atoms with E-state index in [0.717, 1.165) is 5.56 Å². The molecule has 1 aromatic rings. The molecule has 6 heteroatoms. The van der Waals surface area contributed by atoms with Gasteiger partial charge in [0.15, 0.2) is 11.5 Å². The lowest BCUT2D eigenvalue weighted by atomic mass is 10.1. The summed E-state index contributed by atoms with van der Waals surface area (Å²) in [7, 11) is 1.83. The Morgan fingerprint density at radius 2 is 2.14 bits per heavy atom. The first-order valence-electron chi connectivity index (χ1n) is 7.12. The van der Waals surface area contributed by atoms with Crippen LogP contribution in [0.1, 0.15) is 12.5 Å².